The summed E-state index contributed by atoms with van der Waals surface area (Å²) in [5.74, 6) is 0. The van der Waals surface area contributed by atoms with E-state index in [2.05, 4.69) is 37.1 Å². The van der Waals surface area contributed by atoms with Gasteiger partial charge in [0.25, 0.3) is 0 Å². The highest BCUT2D eigenvalue weighted by molar-refractivity contribution is 9.09. The monoisotopic (exact) mass is 275 g/mol. The lowest BCUT2D eigenvalue weighted by molar-refractivity contribution is -0.873. The quantitative estimate of drug-likeness (QED) is 0.445. The highest BCUT2D eigenvalue weighted by Gasteiger charge is 2.13. The van der Waals surface area contributed by atoms with Crippen molar-refractivity contribution in [3.8, 4) is 0 Å². The van der Waals surface area contributed by atoms with Crippen molar-refractivity contribution in [3.05, 3.63) is 0 Å². The molecule has 0 aliphatic heterocycles. The number of nitrogens with zero attached hydrogens (tertiary/aromatic N) is 1. The van der Waals surface area contributed by atoms with Crippen LogP contribution in [0.2, 0.25) is 0 Å². The molecule has 0 fully saturated rings. The van der Waals surface area contributed by atoms with E-state index in [1.54, 1.807) is 0 Å². The molecule has 64 valence electrons. The van der Waals surface area contributed by atoms with Gasteiger partial charge in [0.1, 0.15) is 12.6 Å². The van der Waals surface area contributed by atoms with E-state index in [1.807, 2.05) is 0 Å². The second kappa shape index (κ2) is 5.52. The highest BCUT2D eigenvalue weighted by atomic mass is 79.9. The van der Waals surface area contributed by atoms with Crippen molar-refractivity contribution in [1.82, 2.24) is 0 Å². The number of halogens is 2. The van der Waals surface area contributed by atoms with Gasteiger partial charge in [-0.1, -0.05) is 15.9 Å². The molecule has 0 aromatic rings. The zero-order chi connectivity index (χ0) is 7.49. The van der Waals surface area contributed by atoms with Crippen LogP contribution >= 0.6 is 15.9 Å². The number of aliphatic hydroxyl groups is 1. The van der Waals surface area contributed by atoms with Crippen molar-refractivity contribution in [2.24, 2.45) is 0 Å². The van der Waals surface area contributed by atoms with E-state index >= 15 is 0 Å². The van der Waals surface area contributed by atoms with Crippen LogP contribution < -0.4 is 17.0 Å². The first-order valence-corrected chi connectivity index (χ1v) is 4.12. The molecule has 0 aliphatic rings. The maximum absolute atomic E-state index is 9.13. The first kappa shape index (κ1) is 13.5. The van der Waals surface area contributed by atoms with Crippen molar-refractivity contribution in [2.75, 3.05) is 33.0 Å². The Bertz CT molecular complexity index is 82.3. The molecule has 0 heterocycles. The van der Waals surface area contributed by atoms with E-state index in [4.69, 9.17) is 5.11 Å². The average Bonchev–Trinajstić information content (AvgIpc) is 1.62. The van der Waals surface area contributed by atoms with E-state index in [9.17, 15) is 0 Å². The van der Waals surface area contributed by atoms with E-state index in [1.165, 1.54) is 0 Å². The largest absolute Gasteiger partial charge is 1.00 e. The summed E-state index contributed by atoms with van der Waals surface area (Å²) in [5.41, 5.74) is 0. The summed E-state index contributed by atoms with van der Waals surface area (Å²) in [7, 11) is 6.18. The molecular formula is C6H15Br2NO. The molecule has 1 atom stereocenters. The van der Waals surface area contributed by atoms with Crippen LogP contribution in [0.4, 0.5) is 0 Å². The molecular weight excluding hydrogens is 262 g/mol. The van der Waals surface area contributed by atoms with Crippen LogP contribution in [0.1, 0.15) is 0 Å². The predicted octanol–water partition coefficient (Wildman–Crippen LogP) is -2.55. The highest BCUT2D eigenvalue weighted by Crippen LogP contribution is 1.97. The number of aliphatic hydroxyl groups excluding tert-OH is 1. The van der Waals surface area contributed by atoms with Crippen LogP contribution in [-0.2, 0) is 0 Å². The fraction of sp³-hybridized carbons (Fsp3) is 1.00. The fourth-order valence-corrected chi connectivity index (χ4v) is 0.886. The Kier molecular flexibility index (Phi) is 7.43. The van der Waals surface area contributed by atoms with Gasteiger partial charge in [0.2, 0.25) is 0 Å². The molecule has 0 saturated carbocycles. The topological polar surface area (TPSA) is 20.2 Å². The minimum Gasteiger partial charge on any atom is -1.00 e. The first-order valence-electron chi connectivity index (χ1n) is 3.00. The molecule has 0 unspecified atom stereocenters. The van der Waals surface area contributed by atoms with E-state index in [0.717, 1.165) is 11.0 Å². The summed E-state index contributed by atoms with van der Waals surface area (Å²) in [4.78, 5) is 0. The minimum absolute atomic E-state index is 0. The summed E-state index contributed by atoms with van der Waals surface area (Å²) in [6.45, 7) is 0.797. The van der Waals surface area contributed by atoms with Gasteiger partial charge in [-0.05, 0) is 0 Å². The van der Waals surface area contributed by atoms with Crippen molar-refractivity contribution in [2.45, 2.75) is 6.10 Å². The second-order valence-corrected chi connectivity index (χ2v) is 3.93. The van der Waals surface area contributed by atoms with Crippen molar-refractivity contribution < 1.29 is 26.6 Å². The van der Waals surface area contributed by atoms with Gasteiger partial charge in [0.15, 0.2) is 0 Å². The zero-order valence-corrected chi connectivity index (χ0v) is 9.81. The summed E-state index contributed by atoms with van der Waals surface area (Å²) < 4.78 is 0.812. The van der Waals surface area contributed by atoms with Crippen LogP contribution in [0, 0.1) is 0 Å². The summed E-state index contributed by atoms with van der Waals surface area (Å²) >= 11 is 3.21. The summed E-state index contributed by atoms with van der Waals surface area (Å²) in [6, 6.07) is 0. The molecule has 4 heteroatoms. The Balaban J connectivity index is 0. The van der Waals surface area contributed by atoms with E-state index in [0.29, 0.717) is 5.33 Å². The van der Waals surface area contributed by atoms with Gasteiger partial charge >= 0.3 is 0 Å². The van der Waals surface area contributed by atoms with Crippen LogP contribution in [0.15, 0.2) is 0 Å². The Morgan fingerprint density at radius 1 is 1.40 bits per heavy atom. The summed E-state index contributed by atoms with van der Waals surface area (Å²) in [6.07, 6.45) is -0.218. The SMILES string of the molecule is C[N+](C)(C)C[C@H](O)CBr.[Br-]. The Labute approximate surface area is 81.7 Å². The molecule has 10 heavy (non-hydrogen) atoms. The third kappa shape index (κ3) is 8.88. The molecule has 1 N–H and O–H groups in total. The minimum atomic E-state index is -0.218. The Hall–Kier alpha value is 0.880. The maximum Gasteiger partial charge on any atom is 0.112 e. The van der Waals surface area contributed by atoms with E-state index in [-0.39, 0.29) is 23.1 Å². The van der Waals surface area contributed by atoms with Gasteiger partial charge in [-0.25, -0.2) is 0 Å². The van der Waals surface area contributed by atoms with Crippen LogP contribution in [-0.4, -0.2) is 48.7 Å². The van der Waals surface area contributed by atoms with Crippen LogP contribution in [0.5, 0.6) is 0 Å². The molecule has 0 saturated heterocycles. The lowest BCUT2D eigenvalue weighted by Gasteiger charge is -2.25. The predicted molar refractivity (Wildman–Crippen MR) is 42.7 cm³/mol. The number of rotatable bonds is 3. The van der Waals surface area contributed by atoms with Crippen molar-refractivity contribution in [1.29, 1.82) is 0 Å². The lowest BCUT2D eigenvalue weighted by atomic mass is 10.3. The third-order valence-electron chi connectivity index (χ3n) is 0.937. The van der Waals surface area contributed by atoms with Crippen LogP contribution in [0.25, 0.3) is 0 Å². The van der Waals surface area contributed by atoms with Gasteiger partial charge in [0.05, 0.1) is 21.1 Å². The van der Waals surface area contributed by atoms with Gasteiger partial charge in [-0.3, -0.25) is 0 Å². The van der Waals surface area contributed by atoms with Gasteiger partial charge < -0.3 is 26.6 Å². The molecule has 0 rings (SSSR count). The molecule has 0 aromatic heterocycles. The number of hydrogen-bond acceptors (Lipinski definition) is 1. The van der Waals surface area contributed by atoms with Crippen LogP contribution in [0.3, 0.4) is 0 Å². The third-order valence-corrected chi connectivity index (χ3v) is 1.68. The molecule has 0 bridgehead atoms. The Morgan fingerprint density at radius 3 is 1.90 bits per heavy atom. The molecule has 0 spiro atoms. The fourth-order valence-electron chi connectivity index (χ4n) is 0.681. The number of likely N-dealkylation sites (N-methyl/N-ethyl adjacent to an activating group) is 1. The number of quaternary nitrogens is 1. The van der Waals surface area contributed by atoms with Gasteiger partial charge in [-0.15, -0.1) is 0 Å². The lowest BCUT2D eigenvalue weighted by Crippen LogP contribution is -3.00. The Morgan fingerprint density at radius 2 is 1.80 bits per heavy atom. The normalized spacial score (nSPS) is 14.1. The molecule has 2 nitrogen and oxygen atoms in total. The zero-order valence-electron chi connectivity index (χ0n) is 6.64. The van der Waals surface area contributed by atoms with Gasteiger partial charge in [-0.2, -0.15) is 0 Å². The van der Waals surface area contributed by atoms with E-state index < -0.39 is 0 Å². The average molecular weight is 277 g/mol. The molecule has 0 aromatic carbocycles. The van der Waals surface area contributed by atoms with Crippen molar-refractivity contribution >= 4 is 15.9 Å². The molecule has 0 amide bonds. The smallest absolute Gasteiger partial charge is 0.112 e. The number of alkyl halides is 1. The number of hydrogen-bond donors (Lipinski definition) is 1. The second-order valence-electron chi connectivity index (χ2n) is 3.28. The van der Waals surface area contributed by atoms with Crippen molar-refractivity contribution in [3.63, 3.8) is 0 Å². The van der Waals surface area contributed by atoms with Gasteiger partial charge in [0, 0.05) is 5.33 Å². The molecule has 0 aliphatic carbocycles. The summed E-state index contributed by atoms with van der Waals surface area (Å²) in [5, 5.41) is 9.80. The maximum atomic E-state index is 9.13. The standard InChI is InChI=1S/C6H15BrNO.BrH/c1-8(2,3)5-6(9)4-7;/h6,9H,4-5H2,1-3H3;1H/q+1;/p-1/t6-;/m1./s1. The first-order chi connectivity index (χ1) is 3.95. The molecule has 0 radical (unpaired) electrons.